The van der Waals surface area contributed by atoms with Crippen molar-refractivity contribution < 1.29 is 14.6 Å². The quantitative estimate of drug-likeness (QED) is 0.845. The number of hydrogen-bond acceptors (Lipinski definition) is 5. The summed E-state index contributed by atoms with van der Waals surface area (Å²) in [4.78, 5) is 0. The van der Waals surface area contributed by atoms with Crippen LogP contribution in [0.15, 0.2) is 24.3 Å². The van der Waals surface area contributed by atoms with Gasteiger partial charge in [0, 0.05) is 11.6 Å². The Hall–Kier alpha value is -2.21. The molecule has 0 aliphatic heterocycles. The van der Waals surface area contributed by atoms with Gasteiger partial charge in [-0.25, -0.2) is 4.68 Å². The van der Waals surface area contributed by atoms with Gasteiger partial charge in [0.25, 0.3) is 0 Å². The highest BCUT2D eigenvalue weighted by Gasteiger charge is 2.12. The smallest absolute Gasteiger partial charge is 0.128 e. The zero-order chi connectivity index (χ0) is 13.8. The lowest BCUT2D eigenvalue weighted by Gasteiger charge is -2.08. The molecule has 0 unspecified atom stereocenters. The SMILES string of the molecule is COc1ccc(OC)c(-c2cc(N)n(CCO)n2)c1. The molecule has 0 atom stereocenters. The lowest BCUT2D eigenvalue weighted by molar-refractivity contribution is 0.270. The van der Waals surface area contributed by atoms with E-state index in [1.54, 1.807) is 25.0 Å². The first-order valence-electron chi connectivity index (χ1n) is 5.86. The van der Waals surface area contributed by atoms with Crippen LogP contribution in [0.5, 0.6) is 11.5 Å². The Bertz CT molecular complexity index is 566. The molecule has 0 saturated carbocycles. The van der Waals surface area contributed by atoms with Crippen molar-refractivity contribution in [2.24, 2.45) is 0 Å². The highest BCUT2D eigenvalue weighted by molar-refractivity contribution is 5.70. The number of anilines is 1. The fraction of sp³-hybridized carbons (Fsp3) is 0.308. The molecule has 0 saturated heterocycles. The van der Waals surface area contributed by atoms with Crippen molar-refractivity contribution in [1.29, 1.82) is 0 Å². The second-order valence-corrected chi connectivity index (χ2v) is 3.97. The fourth-order valence-corrected chi connectivity index (χ4v) is 1.85. The molecule has 0 spiro atoms. The normalized spacial score (nSPS) is 10.5. The number of nitrogens with zero attached hydrogens (tertiary/aromatic N) is 2. The Balaban J connectivity index is 2.47. The zero-order valence-corrected chi connectivity index (χ0v) is 11.0. The molecule has 0 aliphatic rings. The van der Waals surface area contributed by atoms with Crippen LogP contribution in [0.2, 0.25) is 0 Å². The maximum Gasteiger partial charge on any atom is 0.128 e. The summed E-state index contributed by atoms with van der Waals surface area (Å²) < 4.78 is 12.1. The molecule has 6 heteroatoms. The van der Waals surface area contributed by atoms with Crippen molar-refractivity contribution in [3.05, 3.63) is 24.3 Å². The second-order valence-electron chi connectivity index (χ2n) is 3.97. The van der Waals surface area contributed by atoms with Crippen LogP contribution in [0.25, 0.3) is 11.3 Å². The van der Waals surface area contributed by atoms with Gasteiger partial charge in [0.15, 0.2) is 0 Å². The van der Waals surface area contributed by atoms with Gasteiger partial charge in [-0.1, -0.05) is 0 Å². The average Bonchev–Trinajstić information content (AvgIpc) is 2.80. The average molecular weight is 263 g/mol. The fourth-order valence-electron chi connectivity index (χ4n) is 1.85. The van der Waals surface area contributed by atoms with E-state index in [0.29, 0.717) is 29.6 Å². The third kappa shape index (κ3) is 2.63. The van der Waals surface area contributed by atoms with Gasteiger partial charge in [0.05, 0.1) is 33.1 Å². The lowest BCUT2D eigenvalue weighted by atomic mass is 10.1. The van der Waals surface area contributed by atoms with E-state index in [1.165, 1.54) is 0 Å². The molecule has 0 amide bonds. The molecule has 0 radical (unpaired) electrons. The van der Waals surface area contributed by atoms with Gasteiger partial charge in [-0.15, -0.1) is 0 Å². The maximum absolute atomic E-state index is 8.95. The van der Waals surface area contributed by atoms with Crippen LogP contribution in [0, 0.1) is 0 Å². The van der Waals surface area contributed by atoms with E-state index in [2.05, 4.69) is 5.10 Å². The van der Waals surface area contributed by atoms with Crippen LogP contribution >= 0.6 is 0 Å². The molecule has 1 heterocycles. The lowest BCUT2D eigenvalue weighted by Crippen LogP contribution is -2.07. The van der Waals surface area contributed by atoms with Crippen LogP contribution < -0.4 is 15.2 Å². The van der Waals surface area contributed by atoms with Crippen molar-refractivity contribution in [2.45, 2.75) is 6.54 Å². The molecular formula is C13H17N3O3. The summed E-state index contributed by atoms with van der Waals surface area (Å²) in [5, 5.41) is 13.3. The van der Waals surface area contributed by atoms with E-state index in [0.717, 1.165) is 5.56 Å². The second kappa shape index (κ2) is 5.62. The molecule has 102 valence electrons. The third-order valence-corrected chi connectivity index (χ3v) is 2.81. The number of nitrogen functional groups attached to an aromatic ring is 1. The van der Waals surface area contributed by atoms with Gasteiger partial charge in [-0.05, 0) is 18.2 Å². The molecule has 19 heavy (non-hydrogen) atoms. The minimum atomic E-state index is -0.0133. The van der Waals surface area contributed by atoms with Crippen molar-refractivity contribution >= 4 is 5.82 Å². The summed E-state index contributed by atoms with van der Waals surface area (Å²) in [7, 11) is 3.20. The van der Waals surface area contributed by atoms with E-state index in [4.69, 9.17) is 20.3 Å². The predicted octanol–water partition coefficient (Wildman–Crippen LogP) is 1.14. The van der Waals surface area contributed by atoms with Crippen LogP contribution in [0.1, 0.15) is 0 Å². The summed E-state index contributed by atoms with van der Waals surface area (Å²) in [6, 6.07) is 7.21. The van der Waals surface area contributed by atoms with Gasteiger partial charge in [-0.2, -0.15) is 5.10 Å². The summed E-state index contributed by atoms with van der Waals surface area (Å²) in [5.74, 6) is 1.90. The zero-order valence-electron chi connectivity index (χ0n) is 11.0. The van der Waals surface area contributed by atoms with Gasteiger partial charge in [0.1, 0.15) is 17.3 Å². The van der Waals surface area contributed by atoms with Gasteiger partial charge < -0.3 is 20.3 Å². The molecule has 2 rings (SSSR count). The van der Waals surface area contributed by atoms with E-state index < -0.39 is 0 Å². The number of ether oxygens (including phenoxy) is 2. The Morgan fingerprint density at radius 1 is 1.26 bits per heavy atom. The maximum atomic E-state index is 8.95. The number of nitrogens with two attached hydrogens (primary N) is 1. The molecule has 0 aliphatic carbocycles. The summed E-state index contributed by atoms with van der Waals surface area (Å²) >= 11 is 0. The van der Waals surface area contributed by atoms with Crippen LogP contribution in [-0.2, 0) is 6.54 Å². The van der Waals surface area contributed by atoms with E-state index in [-0.39, 0.29) is 6.61 Å². The van der Waals surface area contributed by atoms with Crippen molar-refractivity contribution in [3.8, 4) is 22.8 Å². The van der Waals surface area contributed by atoms with Crippen molar-refractivity contribution in [2.75, 3.05) is 26.6 Å². The Kier molecular flexibility index (Phi) is 3.91. The molecular weight excluding hydrogens is 246 g/mol. The predicted molar refractivity (Wildman–Crippen MR) is 72.3 cm³/mol. The molecule has 1 aromatic carbocycles. The van der Waals surface area contributed by atoms with E-state index in [1.807, 2.05) is 18.2 Å². The number of hydrogen-bond donors (Lipinski definition) is 2. The first-order chi connectivity index (χ1) is 9.19. The van der Waals surface area contributed by atoms with Gasteiger partial charge >= 0.3 is 0 Å². The number of aromatic nitrogens is 2. The molecule has 3 N–H and O–H groups in total. The Morgan fingerprint density at radius 2 is 2.05 bits per heavy atom. The topological polar surface area (TPSA) is 82.5 Å². The first kappa shape index (κ1) is 13.2. The minimum Gasteiger partial charge on any atom is -0.497 e. The number of aliphatic hydroxyl groups is 1. The van der Waals surface area contributed by atoms with Crippen molar-refractivity contribution in [1.82, 2.24) is 9.78 Å². The number of benzene rings is 1. The first-order valence-corrected chi connectivity index (χ1v) is 5.86. The largest absolute Gasteiger partial charge is 0.497 e. The molecule has 6 nitrogen and oxygen atoms in total. The number of aliphatic hydroxyl groups excluding tert-OH is 1. The highest BCUT2D eigenvalue weighted by Crippen LogP contribution is 2.33. The minimum absolute atomic E-state index is 0.0133. The molecule has 0 fully saturated rings. The Morgan fingerprint density at radius 3 is 2.68 bits per heavy atom. The van der Waals surface area contributed by atoms with E-state index in [9.17, 15) is 0 Å². The summed E-state index contributed by atoms with van der Waals surface area (Å²) in [6.07, 6.45) is 0. The highest BCUT2D eigenvalue weighted by atomic mass is 16.5. The van der Waals surface area contributed by atoms with E-state index >= 15 is 0 Å². The monoisotopic (exact) mass is 263 g/mol. The van der Waals surface area contributed by atoms with Crippen LogP contribution in [0.4, 0.5) is 5.82 Å². The number of methoxy groups -OCH3 is 2. The number of rotatable bonds is 5. The molecule has 2 aromatic rings. The van der Waals surface area contributed by atoms with Gasteiger partial charge in [0.2, 0.25) is 0 Å². The summed E-state index contributed by atoms with van der Waals surface area (Å²) in [5.41, 5.74) is 7.32. The molecule has 0 bridgehead atoms. The van der Waals surface area contributed by atoms with Crippen molar-refractivity contribution in [3.63, 3.8) is 0 Å². The summed E-state index contributed by atoms with van der Waals surface area (Å²) in [6.45, 7) is 0.346. The third-order valence-electron chi connectivity index (χ3n) is 2.81. The van der Waals surface area contributed by atoms with Gasteiger partial charge in [-0.3, -0.25) is 0 Å². The Labute approximate surface area is 111 Å². The standard InChI is InChI=1S/C13H17N3O3/c1-18-9-3-4-12(19-2)10(7-9)11-8-13(14)16(15-11)5-6-17/h3-4,7-8,17H,5-6,14H2,1-2H3. The van der Waals surface area contributed by atoms with Crippen LogP contribution in [-0.4, -0.2) is 35.7 Å². The molecule has 1 aromatic heterocycles. The van der Waals surface area contributed by atoms with Crippen LogP contribution in [0.3, 0.4) is 0 Å².